The number of aryl methyl sites for hydroxylation is 1. The first-order valence-electron chi connectivity index (χ1n) is 9.82. The maximum absolute atomic E-state index is 14.2. The number of carbonyl (C=O) groups excluding carboxylic acids is 2. The number of anilines is 2. The molecule has 0 bridgehead atoms. The second-order valence-corrected chi connectivity index (χ2v) is 7.55. The third-order valence-electron chi connectivity index (χ3n) is 4.89. The van der Waals surface area contributed by atoms with E-state index < -0.39 is 34.7 Å². The summed E-state index contributed by atoms with van der Waals surface area (Å²) in [7, 11) is 1.66. The lowest BCUT2D eigenvalue weighted by molar-refractivity contribution is 0.101. The average molecular weight is 484 g/mol. The molecular weight excluding hydrogens is 468 g/mol. The van der Waals surface area contributed by atoms with E-state index >= 15 is 0 Å². The Morgan fingerprint density at radius 2 is 1.62 bits per heavy atom. The number of amides is 2. The van der Waals surface area contributed by atoms with Crippen LogP contribution in [0.5, 0.6) is 0 Å². The van der Waals surface area contributed by atoms with Crippen LogP contribution in [0.1, 0.15) is 20.7 Å². The van der Waals surface area contributed by atoms with Gasteiger partial charge in [0.05, 0.1) is 22.5 Å². The molecule has 8 nitrogen and oxygen atoms in total. The maximum atomic E-state index is 14.2. The number of halogens is 3. The summed E-state index contributed by atoms with van der Waals surface area (Å²) in [6.45, 7) is 0. The number of nitrogens with zero attached hydrogens (tertiary/aromatic N) is 3. The molecule has 0 fully saturated rings. The van der Waals surface area contributed by atoms with E-state index in [4.69, 9.17) is 11.6 Å². The van der Waals surface area contributed by atoms with Crippen molar-refractivity contribution in [2.45, 2.75) is 0 Å². The van der Waals surface area contributed by atoms with Gasteiger partial charge in [0, 0.05) is 30.9 Å². The Balaban J connectivity index is 1.61. The minimum atomic E-state index is -0.963. The van der Waals surface area contributed by atoms with Crippen LogP contribution in [0.3, 0.4) is 0 Å². The number of para-hydroxylation sites is 1. The van der Waals surface area contributed by atoms with Crippen LogP contribution in [0, 0.1) is 11.6 Å². The Labute approximate surface area is 196 Å². The number of hydrogen-bond donors (Lipinski definition) is 2. The minimum absolute atomic E-state index is 0.0666. The molecule has 2 heterocycles. The zero-order valence-corrected chi connectivity index (χ0v) is 18.3. The van der Waals surface area contributed by atoms with Crippen LogP contribution in [-0.4, -0.2) is 26.2 Å². The molecule has 172 valence electrons. The molecule has 34 heavy (non-hydrogen) atoms. The predicted octanol–water partition coefficient (Wildman–Crippen LogP) is 4.01. The summed E-state index contributed by atoms with van der Waals surface area (Å²) < 4.78 is 30.5. The predicted molar refractivity (Wildman–Crippen MR) is 123 cm³/mol. The number of aromatic nitrogens is 3. The van der Waals surface area contributed by atoms with Crippen LogP contribution in [0.15, 0.2) is 71.8 Å². The number of rotatable bonds is 5. The second-order valence-electron chi connectivity index (χ2n) is 7.14. The molecule has 0 aliphatic heterocycles. The van der Waals surface area contributed by atoms with Crippen LogP contribution < -0.4 is 16.2 Å². The summed E-state index contributed by atoms with van der Waals surface area (Å²) in [5.74, 6) is -2.63. The van der Waals surface area contributed by atoms with E-state index in [0.717, 1.165) is 30.5 Å². The van der Waals surface area contributed by atoms with Gasteiger partial charge in [-0.2, -0.15) is 5.10 Å². The molecule has 0 aliphatic rings. The largest absolute Gasteiger partial charge is 0.321 e. The normalized spacial score (nSPS) is 10.7. The first kappa shape index (κ1) is 22.9. The van der Waals surface area contributed by atoms with E-state index in [-0.39, 0.29) is 21.8 Å². The lowest BCUT2D eigenvalue weighted by Gasteiger charge is -2.12. The molecule has 0 radical (unpaired) electrons. The highest BCUT2D eigenvalue weighted by Gasteiger charge is 2.17. The first-order valence-corrected chi connectivity index (χ1v) is 10.2. The molecule has 0 atom stereocenters. The molecule has 2 amide bonds. The molecule has 4 rings (SSSR count). The van der Waals surface area contributed by atoms with Gasteiger partial charge in [0.25, 0.3) is 17.4 Å². The molecule has 0 aliphatic carbocycles. The number of pyridine rings is 1. The fourth-order valence-corrected chi connectivity index (χ4v) is 3.32. The average Bonchev–Trinajstić information content (AvgIpc) is 3.20. The maximum Gasteiger partial charge on any atom is 0.257 e. The quantitative estimate of drug-likeness (QED) is 0.448. The van der Waals surface area contributed by atoms with Crippen LogP contribution in [0.4, 0.5) is 20.3 Å². The lowest BCUT2D eigenvalue weighted by atomic mass is 10.1. The van der Waals surface area contributed by atoms with Gasteiger partial charge in [-0.3, -0.25) is 23.6 Å². The van der Waals surface area contributed by atoms with Crippen molar-refractivity contribution in [3.05, 3.63) is 105 Å². The molecule has 4 aromatic rings. The third kappa shape index (κ3) is 4.57. The topological polar surface area (TPSA) is 98.0 Å². The van der Waals surface area contributed by atoms with Crippen molar-refractivity contribution >= 4 is 34.9 Å². The Bertz CT molecular complexity index is 1460. The van der Waals surface area contributed by atoms with Crippen LogP contribution >= 0.6 is 11.6 Å². The van der Waals surface area contributed by atoms with Crippen molar-refractivity contribution in [1.29, 1.82) is 0 Å². The molecule has 0 saturated carbocycles. The van der Waals surface area contributed by atoms with E-state index in [2.05, 4.69) is 15.7 Å². The van der Waals surface area contributed by atoms with Gasteiger partial charge < -0.3 is 10.6 Å². The second kappa shape index (κ2) is 9.28. The molecule has 2 aromatic carbocycles. The minimum Gasteiger partial charge on any atom is -0.321 e. The Kier molecular flexibility index (Phi) is 6.24. The van der Waals surface area contributed by atoms with Crippen molar-refractivity contribution in [3.8, 4) is 5.69 Å². The summed E-state index contributed by atoms with van der Waals surface area (Å²) in [6, 6.07) is 11.3. The van der Waals surface area contributed by atoms with Gasteiger partial charge in [-0.1, -0.05) is 17.7 Å². The molecule has 0 spiro atoms. The summed E-state index contributed by atoms with van der Waals surface area (Å²) in [5, 5.41) is 9.34. The summed E-state index contributed by atoms with van der Waals surface area (Å²) in [6.07, 6.45) is 2.54. The van der Waals surface area contributed by atoms with Crippen molar-refractivity contribution in [2.75, 3.05) is 10.6 Å². The molecule has 11 heteroatoms. The Morgan fingerprint density at radius 3 is 2.29 bits per heavy atom. The van der Waals surface area contributed by atoms with E-state index in [1.165, 1.54) is 35.1 Å². The molecular formula is C23H16ClF2N5O3. The third-order valence-corrected chi connectivity index (χ3v) is 5.22. The first-order chi connectivity index (χ1) is 16.2. The van der Waals surface area contributed by atoms with E-state index in [1.54, 1.807) is 13.1 Å². The number of hydrogen-bond acceptors (Lipinski definition) is 4. The van der Waals surface area contributed by atoms with Gasteiger partial charge in [0.2, 0.25) is 0 Å². The van der Waals surface area contributed by atoms with Gasteiger partial charge in [0.15, 0.2) is 0 Å². The van der Waals surface area contributed by atoms with Gasteiger partial charge >= 0.3 is 0 Å². The van der Waals surface area contributed by atoms with Crippen molar-refractivity contribution < 1.29 is 18.4 Å². The molecule has 2 aromatic heterocycles. The van der Waals surface area contributed by atoms with Gasteiger partial charge in [-0.05, 0) is 36.4 Å². The SMILES string of the molecule is Cn1nccc1NC(=O)c1ccc(Cl)c(NC(=O)c2ccc(=O)n(-c3c(F)cccc3F)c2)c1. The highest BCUT2D eigenvalue weighted by Crippen LogP contribution is 2.24. The van der Waals surface area contributed by atoms with E-state index in [0.29, 0.717) is 10.4 Å². The van der Waals surface area contributed by atoms with Gasteiger partial charge in [-0.15, -0.1) is 0 Å². The number of nitrogens with one attached hydrogen (secondary N) is 2. The van der Waals surface area contributed by atoms with Gasteiger partial charge in [0.1, 0.15) is 23.1 Å². The van der Waals surface area contributed by atoms with Crippen molar-refractivity contribution in [3.63, 3.8) is 0 Å². The zero-order valence-electron chi connectivity index (χ0n) is 17.6. The van der Waals surface area contributed by atoms with Crippen LogP contribution in [-0.2, 0) is 7.05 Å². The van der Waals surface area contributed by atoms with Gasteiger partial charge in [-0.25, -0.2) is 8.78 Å². The summed E-state index contributed by atoms with van der Waals surface area (Å²) in [5.41, 5.74) is -1.07. The van der Waals surface area contributed by atoms with Crippen molar-refractivity contribution in [2.24, 2.45) is 7.05 Å². The number of carbonyl (C=O) groups is 2. The van der Waals surface area contributed by atoms with E-state index in [9.17, 15) is 23.2 Å². The molecule has 0 saturated heterocycles. The van der Waals surface area contributed by atoms with Crippen LogP contribution in [0.25, 0.3) is 5.69 Å². The van der Waals surface area contributed by atoms with Crippen LogP contribution in [0.2, 0.25) is 5.02 Å². The Hall–Kier alpha value is -4.31. The standard InChI is InChI=1S/C23H16ClF2N5O3/c1-30-19(9-10-27-30)29-22(33)13-5-7-15(24)18(11-13)28-23(34)14-6-8-20(32)31(12-14)21-16(25)3-2-4-17(21)26/h2-12H,1H3,(H,28,34)(H,29,33). The molecule has 2 N–H and O–H groups in total. The van der Waals surface area contributed by atoms with E-state index in [1.807, 2.05) is 0 Å². The number of benzene rings is 2. The highest BCUT2D eigenvalue weighted by molar-refractivity contribution is 6.34. The lowest BCUT2D eigenvalue weighted by Crippen LogP contribution is -2.22. The van der Waals surface area contributed by atoms with Crippen molar-refractivity contribution in [1.82, 2.24) is 14.3 Å². The monoisotopic (exact) mass is 483 g/mol. The summed E-state index contributed by atoms with van der Waals surface area (Å²) >= 11 is 6.18. The smallest absolute Gasteiger partial charge is 0.257 e. The fourth-order valence-electron chi connectivity index (χ4n) is 3.16. The highest BCUT2D eigenvalue weighted by atomic mass is 35.5. The fraction of sp³-hybridized carbons (Fsp3) is 0.0435. The Morgan fingerprint density at radius 1 is 0.941 bits per heavy atom. The zero-order chi connectivity index (χ0) is 24.4. The molecule has 0 unspecified atom stereocenters. The summed E-state index contributed by atoms with van der Waals surface area (Å²) in [4.78, 5) is 37.6.